The second-order valence-electron chi connectivity index (χ2n) is 0.448. The average Bonchev–Trinajstić information content (AvgIpc) is 0.722. The third-order valence-electron chi connectivity index (χ3n) is 0. The van der Waals surface area contributed by atoms with Crippen molar-refractivity contribution in [3.63, 3.8) is 0 Å². The molecule has 7 N–H and O–H groups in total. The van der Waals surface area contributed by atoms with E-state index in [0.717, 1.165) is 0 Å². The summed E-state index contributed by atoms with van der Waals surface area (Å²) in [5.74, 6) is 0. The van der Waals surface area contributed by atoms with E-state index < -0.39 is 10.4 Å². The Morgan fingerprint density at radius 2 is 1.00 bits per heavy atom. The Labute approximate surface area is 125 Å². The molecule has 10 heteroatoms. The van der Waals surface area contributed by atoms with Crippen LogP contribution >= 0.6 is 12.4 Å². The van der Waals surface area contributed by atoms with Crippen molar-refractivity contribution in [2.75, 3.05) is 0 Å². The van der Waals surface area contributed by atoms with Crippen LogP contribution in [0, 0.1) is 0 Å². The maximum atomic E-state index is 8.74. The topological polar surface area (TPSA) is 141 Å². The van der Waals surface area contributed by atoms with E-state index in [0.29, 0.717) is 0 Å². The molecule has 0 aromatic rings. The summed E-state index contributed by atoms with van der Waals surface area (Å²) in [6.07, 6.45) is 0. The second kappa shape index (κ2) is 17.6. The van der Waals surface area contributed by atoms with E-state index in [1.54, 1.807) is 0 Å². The van der Waals surface area contributed by atoms with Crippen LogP contribution in [0.15, 0.2) is 0 Å². The van der Waals surface area contributed by atoms with Crippen molar-refractivity contribution >= 4 is 98.3 Å². The summed E-state index contributed by atoms with van der Waals surface area (Å²) in [5, 5.41) is 0. The first kappa shape index (κ1) is 38.9. The fourth-order valence-corrected chi connectivity index (χ4v) is 0. The summed E-state index contributed by atoms with van der Waals surface area (Å²) in [6.45, 7) is 0. The summed E-state index contributed by atoms with van der Waals surface area (Å²) in [4.78, 5) is 0. The van der Waals surface area contributed by atoms with Gasteiger partial charge in [0, 0.05) is 0 Å². The molecular weight excluding hydrogens is 242 g/mol. The van der Waals surface area contributed by atoms with Gasteiger partial charge in [0.25, 0.3) is 0 Å². The molecular formula is H12Ca2ClNO5S. The fraction of sp³-hybridized carbons (Fsp3) is 0. The molecule has 0 bridgehead atoms. The zero-order valence-electron chi connectivity index (χ0n) is 3.73. The first-order valence-corrected chi connectivity index (χ1v) is 2.10. The van der Waals surface area contributed by atoms with Crippen LogP contribution in [0.4, 0.5) is 0 Å². The van der Waals surface area contributed by atoms with Crippen molar-refractivity contribution in [1.29, 1.82) is 0 Å². The molecule has 0 atom stereocenters. The molecule has 0 amide bonds. The van der Waals surface area contributed by atoms with Crippen molar-refractivity contribution in [1.82, 2.24) is 6.15 Å². The van der Waals surface area contributed by atoms with E-state index >= 15 is 0 Å². The first-order valence-electron chi connectivity index (χ1n) is 0.698. The minimum absolute atomic E-state index is 0. The molecule has 10 heavy (non-hydrogen) atoms. The monoisotopic (exact) mass is 253 g/mol. The van der Waals surface area contributed by atoms with Crippen molar-refractivity contribution in [3.05, 3.63) is 0 Å². The summed E-state index contributed by atoms with van der Waals surface area (Å²) in [6, 6.07) is 0. The van der Waals surface area contributed by atoms with Crippen molar-refractivity contribution in [2.24, 2.45) is 0 Å². The molecule has 0 rings (SSSR count). The van der Waals surface area contributed by atoms with Gasteiger partial charge in [-0.25, -0.2) is 0 Å². The van der Waals surface area contributed by atoms with Gasteiger partial charge in [-0.05, 0) is 0 Å². The van der Waals surface area contributed by atoms with Gasteiger partial charge in [0.2, 0.25) is 0 Å². The number of hydrogen-bond donors (Lipinski definition) is 3. The van der Waals surface area contributed by atoms with Crippen LogP contribution in [0.2, 0.25) is 0 Å². The van der Waals surface area contributed by atoms with E-state index in [2.05, 4.69) is 0 Å². The Hall–Kier alpha value is 2.60. The molecule has 0 aromatic carbocycles. The average molecular weight is 254 g/mol. The summed E-state index contributed by atoms with van der Waals surface area (Å²) < 4.78 is 31.6. The van der Waals surface area contributed by atoms with Gasteiger partial charge in [0.15, 0.2) is 0 Å². The maximum absolute atomic E-state index is 8.74. The quantitative estimate of drug-likeness (QED) is 0.318. The van der Waals surface area contributed by atoms with Crippen LogP contribution in [0.25, 0.3) is 0 Å². The summed E-state index contributed by atoms with van der Waals surface area (Å²) >= 11 is 0. The fourth-order valence-electron chi connectivity index (χ4n) is 0. The van der Waals surface area contributed by atoms with Gasteiger partial charge >= 0.3 is 85.9 Å². The Morgan fingerprint density at radius 3 is 1.00 bits per heavy atom. The summed E-state index contributed by atoms with van der Waals surface area (Å²) in [7, 11) is -4.67. The number of rotatable bonds is 0. The van der Waals surface area contributed by atoms with Gasteiger partial charge in [0.05, 0.1) is 0 Å². The van der Waals surface area contributed by atoms with E-state index in [-0.39, 0.29) is 99.5 Å². The Kier molecular flexibility index (Phi) is 68.6. The predicted octanol–water partition coefficient (Wildman–Crippen LogP) is -2.73. The van der Waals surface area contributed by atoms with Gasteiger partial charge < -0.3 is 11.6 Å². The molecule has 0 radical (unpaired) electrons. The normalized spacial score (nSPS) is 5.80. The van der Waals surface area contributed by atoms with Gasteiger partial charge in [-0.1, -0.05) is 0 Å². The number of halogens is 1. The van der Waals surface area contributed by atoms with Crippen molar-refractivity contribution in [3.8, 4) is 0 Å². The van der Waals surface area contributed by atoms with Gasteiger partial charge in [0.1, 0.15) is 0 Å². The van der Waals surface area contributed by atoms with Crippen LogP contribution in [0.5, 0.6) is 0 Å². The van der Waals surface area contributed by atoms with Gasteiger partial charge in [-0.2, -0.15) is 8.42 Å². The molecule has 0 aliphatic rings. The van der Waals surface area contributed by atoms with E-state index in [1.807, 2.05) is 0 Å². The molecule has 0 spiro atoms. The Bertz CT molecular complexity index is 103. The third-order valence-corrected chi connectivity index (χ3v) is 0. The van der Waals surface area contributed by atoms with Crippen molar-refractivity contribution in [2.45, 2.75) is 0 Å². The van der Waals surface area contributed by atoms with Crippen LogP contribution in [-0.4, -0.2) is 98.5 Å². The first-order chi connectivity index (χ1) is 2.00. The van der Waals surface area contributed by atoms with Crippen LogP contribution in [0.3, 0.4) is 0 Å². The third kappa shape index (κ3) is 145. The van der Waals surface area contributed by atoms with Crippen molar-refractivity contribution < 1.29 is 23.0 Å². The zero-order chi connectivity index (χ0) is 4.50. The molecule has 0 aliphatic carbocycles. The van der Waals surface area contributed by atoms with E-state index in [9.17, 15) is 0 Å². The molecule has 0 unspecified atom stereocenters. The van der Waals surface area contributed by atoms with Crippen LogP contribution < -0.4 is 6.15 Å². The molecule has 0 heterocycles. The second-order valence-corrected chi connectivity index (χ2v) is 1.34. The molecule has 0 saturated heterocycles. The number of hydrogen-bond acceptors (Lipinski definition) is 3. The van der Waals surface area contributed by atoms with Crippen LogP contribution in [0.1, 0.15) is 0 Å². The Balaban J connectivity index is -0.00000000800. The predicted molar refractivity (Wildman–Crippen MR) is 47.1 cm³/mol. The molecule has 0 saturated carbocycles. The van der Waals surface area contributed by atoms with Gasteiger partial charge in [-0.3, -0.25) is 9.11 Å². The molecule has 64 valence electrons. The summed E-state index contributed by atoms with van der Waals surface area (Å²) in [5.41, 5.74) is 0. The Morgan fingerprint density at radius 1 is 1.00 bits per heavy atom. The SMILES string of the molecule is Cl.N.O.O=S(=O)(O)O.[CaH2].[CaH2]. The van der Waals surface area contributed by atoms with Crippen LogP contribution in [-0.2, 0) is 10.4 Å². The van der Waals surface area contributed by atoms with Gasteiger partial charge in [-0.15, -0.1) is 12.4 Å². The standard InChI is InChI=1S/2Ca.ClH.H3N.H2O4S.H2O.4H/c;;;;1-5(2,3)4;;;;;/h;;1H;1H3;(H2,1,2,3,4);1H2;;;;. The van der Waals surface area contributed by atoms with E-state index in [4.69, 9.17) is 17.5 Å². The minimum atomic E-state index is -4.67. The molecule has 0 fully saturated rings. The zero-order valence-corrected chi connectivity index (χ0v) is 5.37. The van der Waals surface area contributed by atoms with E-state index in [1.165, 1.54) is 0 Å². The molecule has 6 nitrogen and oxygen atoms in total. The molecule has 0 aromatic heterocycles. The molecule has 0 aliphatic heterocycles.